The smallest absolute Gasteiger partial charge is 0.413 e. The Hall–Kier alpha value is -2.72. The van der Waals surface area contributed by atoms with Gasteiger partial charge in [-0.15, -0.1) is 11.3 Å². The molecule has 2 N–H and O–H groups in total. The lowest BCUT2D eigenvalue weighted by Gasteiger charge is -2.08. The van der Waals surface area contributed by atoms with E-state index in [4.69, 9.17) is 0 Å². The predicted octanol–water partition coefficient (Wildman–Crippen LogP) is 2.97. The maximum Gasteiger partial charge on any atom is 0.413 e. The molecule has 3 amide bonds. The van der Waals surface area contributed by atoms with Gasteiger partial charge >= 0.3 is 6.09 Å². The first-order chi connectivity index (χ1) is 13.5. The van der Waals surface area contributed by atoms with Gasteiger partial charge in [-0.2, -0.15) is 0 Å². The van der Waals surface area contributed by atoms with E-state index in [1.807, 2.05) is 6.92 Å². The molecule has 2 aromatic rings. The van der Waals surface area contributed by atoms with E-state index in [-0.39, 0.29) is 27.6 Å². The SMILES string of the molecule is COC(=O)NC(=O)c1c(NC(=O)CCS(=O)(=O)c2ccc(C)cc2)sc(C)c1C. The summed E-state index contributed by atoms with van der Waals surface area (Å²) in [4.78, 5) is 36.9. The number of alkyl carbamates (subject to hydrolysis) is 1. The van der Waals surface area contributed by atoms with E-state index in [0.29, 0.717) is 5.56 Å². The summed E-state index contributed by atoms with van der Waals surface area (Å²) in [5.41, 5.74) is 1.69. The van der Waals surface area contributed by atoms with Gasteiger partial charge in [-0.05, 0) is 38.5 Å². The third-order valence-corrected chi connectivity index (χ3v) is 7.10. The Bertz CT molecular complexity index is 1040. The zero-order valence-corrected chi connectivity index (χ0v) is 18.1. The van der Waals surface area contributed by atoms with E-state index in [1.54, 1.807) is 26.0 Å². The Balaban J connectivity index is 2.11. The minimum absolute atomic E-state index is 0.146. The number of rotatable bonds is 6. The van der Waals surface area contributed by atoms with Crippen molar-refractivity contribution in [1.29, 1.82) is 0 Å². The van der Waals surface area contributed by atoms with Gasteiger partial charge in [-0.25, -0.2) is 13.2 Å². The Kier molecular flexibility index (Phi) is 7.15. The van der Waals surface area contributed by atoms with Crippen LogP contribution < -0.4 is 10.6 Å². The van der Waals surface area contributed by atoms with Crippen LogP contribution in [0.25, 0.3) is 0 Å². The molecule has 0 unspecified atom stereocenters. The minimum Gasteiger partial charge on any atom is -0.453 e. The number of anilines is 1. The average molecular weight is 439 g/mol. The number of thiophene rings is 1. The first-order valence-corrected chi connectivity index (χ1v) is 11.1. The summed E-state index contributed by atoms with van der Waals surface area (Å²) < 4.78 is 29.2. The molecule has 0 radical (unpaired) electrons. The minimum atomic E-state index is -3.61. The summed E-state index contributed by atoms with van der Waals surface area (Å²) in [7, 11) is -2.48. The number of amides is 3. The van der Waals surface area contributed by atoms with Crippen LogP contribution in [0.4, 0.5) is 9.80 Å². The molecule has 0 saturated carbocycles. The van der Waals surface area contributed by atoms with Gasteiger partial charge in [-0.3, -0.25) is 14.9 Å². The van der Waals surface area contributed by atoms with Crippen LogP contribution in [0.1, 0.15) is 32.8 Å². The van der Waals surface area contributed by atoms with Crippen LogP contribution in [-0.4, -0.2) is 39.2 Å². The Morgan fingerprint density at radius 3 is 2.28 bits per heavy atom. The zero-order valence-electron chi connectivity index (χ0n) is 16.5. The number of sulfone groups is 1. The van der Waals surface area contributed by atoms with Crippen molar-refractivity contribution in [1.82, 2.24) is 5.32 Å². The highest BCUT2D eigenvalue weighted by atomic mass is 32.2. The molecule has 1 aromatic carbocycles. The molecule has 0 atom stereocenters. The largest absolute Gasteiger partial charge is 0.453 e. The standard InChI is InChI=1S/C19H22N2O6S2/c1-11-5-7-14(8-6-11)29(25,26)10-9-15(22)20-18-16(12(2)13(3)28-18)17(23)21-19(24)27-4/h5-8H,9-10H2,1-4H3,(H,20,22)(H,21,23,24). The van der Waals surface area contributed by atoms with Gasteiger partial charge in [0.2, 0.25) is 5.91 Å². The van der Waals surface area contributed by atoms with Crippen LogP contribution in [0.5, 0.6) is 0 Å². The summed E-state index contributed by atoms with van der Waals surface area (Å²) in [6.07, 6.45) is -1.19. The number of aryl methyl sites for hydroxylation is 2. The number of ether oxygens (including phenoxy) is 1. The molecule has 1 heterocycles. The molecule has 10 heteroatoms. The summed E-state index contributed by atoms with van der Waals surface area (Å²) >= 11 is 1.17. The fourth-order valence-electron chi connectivity index (χ4n) is 2.47. The first-order valence-electron chi connectivity index (χ1n) is 8.63. The highest BCUT2D eigenvalue weighted by Crippen LogP contribution is 2.32. The molecule has 8 nitrogen and oxygen atoms in total. The second-order valence-corrected chi connectivity index (χ2v) is 9.70. The molecule has 0 fully saturated rings. The molecule has 29 heavy (non-hydrogen) atoms. The van der Waals surface area contributed by atoms with Gasteiger partial charge in [0.15, 0.2) is 9.84 Å². The van der Waals surface area contributed by atoms with Crippen molar-refractivity contribution in [3.63, 3.8) is 0 Å². The molecule has 0 spiro atoms. The van der Waals surface area contributed by atoms with E-state index in [1.165, 1.54) is 23.5 Å². The van der Waals surface area contributed by atoms with Gasteiger partial charge in [0.1, 0.15) is 5.00 Å². The third-order valence-electron chi connectivity index (χ3n) is 4.24. The van der Waals surface area contributed by atoms with Crippen LogP contribution in [0.15, 0.2) is 29.2 Å². The molecule has 156 valence electrons. The van der Waals surface area contributed by atoms with Gasteiger partial charge in [0.05, 0.1) is 23.3 Å². The van der Waals surface area contributed by atoms with Crippen molar-refractivity contribution in [2.24, 2.45) is 0 Å². The highest BCUT2D eigenvalue weighted by molar-refractivity contribution is 7.91. The van der Waals surface area contributed by atoms with E-state index in [9.17, 15) is 22.8 Å². The van der Waals surface area contributed by atoms with E-state index < -0.39 is 27.7 Å². The number of hydrogen-bond donors (Lipinski definition) is 2. The number of carbonyl (C=O) groups is 3. The highest BCUT2D eigenvalue weighted by Gasteiger charge is 2.23. The first kappa shape index (κ1) is 22.6. The van der Waals surface area contributed by atoms with Crippen molar-refractivity contribution in [3.8, 4) is 0 Å². The summed E-state index contributed by atoms with van der Waals surface area (Å²) in [6, 6.07) is 6.39. The number of hydrogen-bond acceptors (Lipinski definition) is 7. The zero-order chi connectivity index (χ0) is 21.8. The quantitative estimate of drug-likeness (QED) is 0.716. The molecule has 0 aliphatic rings. The van der Waals surface area contributed by atoms with Crippen molar-refractivity contribution in [3.05, 3.63) is 45.8 Å². The number of nitrogens with one attached hydrogen (secondary N) is 2. The number of carbonyl (C=O) groups excluding carboxylic acids is 3. The maximum absolute atomic E-state index is 12.4. The van der Waals surface area contributed by atoms with E-state index in [0.717, 1.165) is 17.6 Å². The van der Waals surface area contributed by atoms with Crippen molar-refractivity contribution < 1.29 is 27.5 Å². The molecular weight excluding hydrogens is 416 g/mol. The number of benzene rings is 1. The lowest BCUT2D eigenvalue weighted by Crippen LogP contribution is -2.31. The van der Waals surface area contributed by atoms with Gasteiger partial charge in [0.25, 0.3) is 5.91 Å². The molecule has 0 bridgehead atoms. The molecule has 2 rings (SSSR count). The van der Waals surface area contributed by atoms with Gasteiger partial charge in [0, 0.05) is 11.3 Å². The summed E-state index contributed by atoms with van der Waals surface area (Å²) in [6.45, 7) is 5.31. The number of methoxy groups -OCH3 is 1. The predicted molar refractivity (Wildman–Crippen MR) is 110 cm³/mol. The second-order valence-electron chi connectivity index (χ2n) is 6.36. The number of imide groups is 1. The van der Waals surface area contributed by atoms with Crippen LogP contribution in [0, 0.1) is 20.8 Å². The van der Waals surface area contributed by atoms with Gasteiger partial charge < -0.3 is 10.1 Å². The van der Waals surface area contributed by atoms with E-state index >= 15 is 0 Å². The third kappa shape index (κ3) is 5.64. The Morgan fingerprint density at radius 1 is 1.07 bits per heavy atom. The fourth-order valence-corrected chi connectivity index (χ4v) is 4.79. The fraction of sp³-hybridized carbons (Fsp3) is 0.316. The summed E-state index contributed by atoms with van der Waals surface area (Å²) in [5, 5.41) is 4.88. The molecule has 0 saturated heterocycles. The van der Waals surface area contributed by atoms with Crippen LogP contribution >= 0.6 is 11.3 Å². The van der Waals surface area contributed by atoms with Crippen LogP contribution in [0.2, 0.25) is 0 Å². The molecule has 0 aliphatic carbocycles. The topological polar surface area (TPSA) is 119 Å². The second kappa shape index (κ2) is 9.19. The monoisotopic (exact) mass is 438 g/mol. The average Bonchev–Trinajstić information content (AvgIpc) is 2.93. The van der Waals surface area contributed by atoms with Gasteiger partial charge in [-0.1, -0.05) is 17.7 Å². The lowest BCUT2D eigenvalue weighted by atomic mass is 10.1. The van der Waals surface area contributed by atoms with E-state index in [2.05, 4.69) is 15.4 Å². The lowest BCUT2D eigenvalue weighted by molar-refractivity contribution is -0.115. The van der Waals surface area contributed by atoms with Crippen molar-refractivity contribution in [2.45, 2.75) is 32.1 Å². The van der Waals surface area contributed by atoms with Crippen LogP contribution in [0.3, 0.4) is 0 Å². The summed E-state index contributed by atoms with van der Waals surface area (Å²) in [5.74, 6) is -1.62. The Morgan fingerprint density at radius 2 is 1.69 bits per heavy atom. The molecular formula is C19H22N2O6S2. The molecule has 0 aliphatic heterocycles. The maximum atomic E-state index is 12.4. The molecule has 1 aromatic heterocycles. The normalized spacial score (nSPS) is 11.0. The van der Waals surface area contributed by atoms with Crippen molar-refractivity contribution in [2.75, 3.05) is 18.2 Å². The van der Waals surface area contributed by atoms with Crippen LogP contribution in [-0.2, 0) is 19.4 Å². The van der Waals surface area contributed by atoms with Crippen molar-refractivity contribution >= 4 is 44.1 Å². The Labute approximate surface area is 173 Å².